The molecule has 0 bridgehead atoms. The highest BCUT2D eigenvalue weighted by Gasteiger charge is 2.26. The number of hydrogen-bond donors (Lipinski definition) is 11. The van der Waals surface area contributed by atoms with Gasteiger partial charge in [0.25, 0.3) is 41.0 Å². The Morgan fingerprint density at radius 1 is 0.500 bits per heavy atom. The summed E-state index contributed by atoms with van der Waals surface area (Å²) in [6.07, 6.45) is 10.4. The van der Waals surface area contributed by atoms with Crippen LogP contribution >= 0.6 is 0 Å². The number of aromatic amines is 1. The molecule has 0 unspecified atom stereocenters. The maximum atomic E-state index is 14.3. The number of H-pyrrole nitrogens is 1. The average molecular weight is 1540 g/mol. The maximum absolute atomic E-state index is 14.3. The summed E-state index contributed by atoms with van der Waals surface area (Å²) in [6, 6.07) is 19.2. The Morgan fingerprint density at radius 3 is 1.57 bits per heavy atom. The molecule has 590 valence electrons. The minimum atomic E-state index is -1.24. The molecule has 0 aliphatic carbocycles. The number of anilines is 5. The van der Waals surface area contributed by atoms with Gasteiger partial charge in [-0.25, -0.2) is 19.3 Å². The fourth-order valence-electron chi connectivity index (χ4n) is 11.7. The van der Waals surface area contributed by atoms with Gasteiger partial charge in [0.15, 0.2) is 17.5 Å². The molecule has 0 saturated carbocycles. The molecule has 0 spiro atoms. The first-order valence-corrected chi connectivity index (χ1v) is 35.5. The molecular formula is C76H88FN19O16. The molecule has 35 nitrogen and oxygen atoms in total. The highest BCUT2D eigenvalue weighted by Crippen LogP contribution is 2.41. The molecular weight excluding hydrogens is 1450 g/mol. The van der Waals surface area contributed by atoms with Crippen LogP contribution in [0.5, 0.6) is 17.2 Å². The first-order valence-electron chi connectivity index (χ1n) is 35.5. The van der Waals surface area contributed by atoms with Crippen LogP contribution in [0.15, 0.2) is 121 Å². The Hall–Kier alpha value is -13.1. The lowest BCUT2D eigenvalue weighted by Crippen LogP contribution is -2.33. The quantitative estimate of drug-likeness (QED) is 0.0204. The summed E-state index contributed by atoms with van der Waals surface area (Å²) in [5.74, 6) is -3.28. The molecule has 0 aliphatic heterocycles. The SMILES string of the molecule is Cc1cc(F)cc(C)c1Oc1ccc(C(C)(C)O)cc1-c1cn(C)c(=O)c2[nH]c(C(=O)Nc3ccc(OCCOCCOCCOCCNC(=O)CCNC(=O)c4nc(NC(=O)CCNC(=O)c5cc(NC(=O)c6nc(NC(=O)CCNC(=O)c7cc(NC(=O)c8nccn8C)cn7C)cn6C)cn5C)cn4C)cc3)cc12. The van der Waals surface area contributed by atoms with E-state index in [9.17, 15) is 57.4 Å². The van der Waals surface area contributed by atoms with Crippen LogP contribution in [0.4, 0.5) is 33.1 Å². The molecule has 7 heterocycles. The summed E-state index contributed by atoms with van der Waals surface area (Å²) in [6.45, 7) is 8.79. The van der Waals surface area contributed by atoms with E-state index in [1.165, 1.54) is 71.9 Å². The third-order valence-corrected chi connectivity index (χ3v) is 17.4. The topological polar surface area (TPSA) is 429 Å². The standard InChI is InChI=1S/C76H88FN19O16/c1-44-33-47(77)34-45(2)65(44)112-58-16-11-46(76(3,4)107)35-52(58)54-41-96(10)75(106)64-53(54)38-55(86-64)69(100)83-48-12-14-51(15-13-48)111-32-31-110-30-29-109-28-27-108-26-24-78-61(97)17-20-82-72(103)67-89-59(42-94(67)8)87-62(98)18-21-81-71(102)57-37-50(40-93(57)7)85-74(105)68-90-60(43-95(68)9)88-63(99)19-22-80-70(101)56-36-49(39-92(56)6)84-73(104)66-79-23-25-91(66)5/h11-16,23,25,33-43,86,107H,17-22,24,26-32H2,1-10H3,(H,78,97)(H,80,101)(H,81,102)(H,82,103)(H,83,100)(H,84,104)(H,85,105)(H,87,98)(H,88,99). The molecule has 0 radical (unpaired) electrons. The van der Waals surface area contributed by atoms with E-state index in [1.807, 2.05) is 0 Å². The number of imidazole rings is 3. The number of aromatic nitrogens is 10. The summed E-state index contributed by atoms with van der Waals surface area (Å²) < 4.78 is 52.0. The van der Waals surface area contributed by atoms with Crippen molar-refractivity contribution in [2.75, 3.05) is 99.0 Å². The van der Waals surface area contributed by atoms with Gasteiger partial charge in [-0.05, 0) is 111 Å². The molecule has 10 aromatic rings. The van der Waals surface area contributed by atoms with E-state index in [0.717, 1.165) is 0 Å². The van der Waals surface area contributed by atoms with Crippen molar-refractivity contribution in [3.05, 3.63) is 184 Å². The third kappa shape index (κ3) is 21.5. The van der Waals surface area contributed by atoms with Gasteiger partial charge in [0.05, 0.1) is 56.6 Å². The lowest BCUT2D eigenvalue weighted by molar-refractivity contribution is -0.121. The number of amides is 9. The largest absolute Gasteiger partial charge is 0.491 e. The molecule has 3 aromatic carbocycles. The maximum Gasteiger partial charge on any atom is 0.291 e. The Balaban J connectivity index is 0.544. The van der Waals surface area contributed by atoms with E-state index in [-0.39, 0.29) is 147 Å². The second kappa shape index (κ2) is 36.9. The molecule has 9 amide bonds. The Labute approximate surface area is 640 Å². The van der Waals surface area contributed by atoms with Crippen LogP contribution in [0.2, 0.25) is 0 Å². The second-order valence-corrected chi connectivity index (χ2v) is 26.6. The summed E-state index contributed by atoms with van der Waals surface area (Å²) >= 11 is 0. The summed E-state index contributed by atoms with van der Waals surface area (Å²) in [4.78, 5) is 146. The summed E-state index contributed by atoms with van der Waals surface area (Å²) in [5.41, 5.74) is 3.00. The van der Waals surface area contributed by atoms with Crippen LogP contribution < -0.4 is 62.9 Å². The number of halogens is 1. The Bertz CT molecular complexity index is 5190. The number of ether oxygens (including phenoxy) is 5. The first kappa shape index (κ1) is 81.5. The molecule has 112 heavy (non-hydrogen) atoms. The van der Waals surface area contributed by atoms with Gasteiger partial charge >= 0.3 is 0 Å². The number of carbonyl (C=O) groups excluding carboxylic acids is 9. The van der Waals surface area contributed by atoms with E-state index in [4.69, 9.17) is 23.7 Å². The van der Waals surface area contributed by atoms with Crippen molar-refractivity contribution in [2.45, 2.75) is 52.6 Å². The number of benzene rings is 3. The predicted molar refractivity (Wildman–Crippen MR) is 410 cm³/mol. The zero-order valence-electron chi connectivity index (χ0n) is 63.3. The minimum absolute atomic E-state index is 0.00202. The zero-order chi connectivity index (χ0) is 80.5. The van der Waals surface area contributed by atoms with Gasteiger partial charge in [0, 0.05) is 153 Å². The van der Waals surface area contributed by atoms with Gasteiger partial charge in [-0.2, -0.15) is 0 Å². The van der Waals surface area contributed by atoms with Crippen molar-refractivity contribution >= 4 is 92.8 Å². The van der Waals surface area contributed by atoms with Crippen molar-refractivity contribution in [1.82, 2.24) is 68.6 Å². The third-order valence-electron chi connectivity index (χ3n) is 17.4. The average Bonchev–Trinajstić information content (AvgIpc) is 1.55. The van der Waals surface area contributed by atoms with Crippen molar-refractivity contribution in [3.8, 4) is 28.4 Å². The number of nitrogens with one attached hydrogen (secondary N) is 10. The molecule has 0 atom stereocenters. The zero-order valence-corrected chi connectivity index (χ0v) is 63.3. The number of pyridine rings is 1. The van der Waals surface area contributed by atoms with Crippen molar-refractivity contribution in [1.29, 1.82) is 0 Å². The molecule has 10 rings (SSSR count). The Morgan fingerprint density at radius 2 is 1.02 bits per heavy atom. The molecule has 11 N–H and O–H groups in total. The van der Waals surface area contributed by atoms with Gasteiger partial charge in [0.1, 0.15) is 52.3 Å². The van der Waals surface area contributed by atoms with Gasteiger partial charge < -0.3 is 109 Å². The van der Waals surface area contributed by atoms with Crippen LogP contribution in [-0.4, -0.2) is 178 Å². The van der Waals surface area contributed by atoms with E-state index < -0.39 is 58.7 Å². The molecule has 0 saturated heterocycles. The van der Waals surface area contributed by atoms with Crippen LogP contribution in [0, 0.1) is 19.7 Å². The summed E-state index contributed by atoms with van der Waals surface area (Å²) in [7, 11) is 9.61. The van der Waals surface area contributed by atoms with E-state index in [2.05, 4.69) is 67.8 Å². The lowest BCUT2D eigenvalue weighted by atomic mass is 9.93. The monoisotopic (exact) mass is 1540 g/mol. The molecule has 7 aromatic heterocycles. The van der Waals surface area contributed by atoms with E-state index in [1.54, 1.807) is 142 Å². The second-order valence-electron chi connectivity index (χ2n) is 26.6. The number of aryl methyl sites for hydroxylation is 8. The van der Waals surface area contributed by atoms with Crippen LogP contribution in [0.1, 0.15) is 113 Å². The number of rotatable bonds is 37. The lowest BCUT2D eigenvalue weighted by Gasteiger charge is -2.22. The number of carbonyl (C=O) groups is 9. The Kier molecular flexibility index (Phi) is 26.8. The predicted octanol–water partition coefficient (Wildman–Crippen LogP) is 5.83. The van der Waals surface area contributed by atoms with Crippen molar-refractivity contribution in [3.63, 3.8) is 0 Å². The molecule has 0 aliphatic rings. The molecule has 0 fully saturated rings. The highest BCUT2D eigenvalue weighted by molar-refractivity contribution is 6.09. The highest BCUT2D eigenvalue weighted by atomic mass is 19.1. The molecule has 36 heteroatoms. The van der Waals surface area contributed by atoms with Gasteiger partial charge in [-0.15, -0.1) is 0 Å². The summed E-state index contributed by atoms with van der Waals surface area (Å²) in [5, 5.41) is 35.6. The van der Waals surface area contributed by atoms with E-state index in [0.29, 0.717) is 75.0 Å². The normalized spacial score (nSPS) is 11.3. The van der Waals surface area contributed by atoms with Gasteiger partial charge in [-0.3, -0.25) is 47.9 Å². The van der Waals surface area contributed by atoms with Crippen LogP contribution in [0.25, 0.3) is 22.0 Å². The van der Waals surface area contributed by atoms with Crippen molar-refractivity contribution < 1.29 is 76.3 Å². The van der Waals surface area contributed by atoms with Gasteiger partial charge in [0.2, 0.25) is 29.4 Å². The van der Waals surface area contributed by atoms with Crippen LogP contribution in [-0.2, 0) is 76.5 Å². The fourth-order valence-corrected chi connectivity index (χ4v) is 11.7. The van der Waals surface area contributed by atoms with Crippen LogP contribution in [0.3, 0.4) is 0 Å². The number of fused-ring (bicyclic) bond motifs is 1. The number of aliphatic hydroxyl groups is 1. The minimum Gasteiger partial charge on any atom is -0.491 e. The number of hydrogen-bond acceptors (Lipinski definition) is 19. The van der Waals surface area contributed by atoms with Crippen molar-refractivity contribution in [2.24, 2.45) is 42.3 Å². The first-order chi connectivity index (χ1) is 53.5. The fraction of sp³-hybridized carbons (Fsp3) is 0.329. The van der Waals surface area contributed by atoms with Gasteiger partial charge in [-0.1, -0.05) is 6.07 Å². The van der Waals surface area contributed by atoms with E-state index >= 15 is 0 Å². The number of nitrogens with zero attached hydrogens (tertiary/aromatic N) is 9. The smallest absolute Gasteiger partial charge is 0.291 e.